The van der Waals surface area contributed by atoms with Crippen LogP contribution in [0, 0.1) is 0 Å². The molecule has 0 spiro atoms. The highest BCUT2D eigenvalue weighted by molar-refractivity contribution is 9.09. The zero-order valence-corrected chi connectivity index (χ0v) is 14.1. The van der Waals surface area contributed by atoms with Gasteiger partial charge in [-0.15, -0.1) is 0 Å². The lowest BCUT2D eigenvalue weighted by Gasteiger charge is -2.38. The second-order valence-corrected chi connectivity index (χ2v) is 5.80. The Morgan fingerprint density at radius 2 is 1.22 bits per heavy atom. The topological polar surface area (TPSA) is 20.2 Å². The summed E-state index contributed by atoms with van der Waals surface area (Å²) in [5, 5.41) is 10.3. The van der Waals surface area contributed by atoms with E-state index in [0.717, 1.165) is 0 Å². The summed E-state index contributed by atoms with van der Waals surface area (Å²) in [6.45, 7) is 7.49. The van der Waals surface area contributed by atoms with Crippen LogP contribution in [0.3, 0.4) is 0 Å². The number of halogens is 3. The van der Waals surface area contributed by atoms with Gasteiger partial charge in [0, 0.05) is 0 Å². The van der Waals surface area contributed by atoms with Crippen LogP contribution in [0.1, 0.15) is 11.1 Å². The molecule has 0 aliphatic rings. The Kier molecular flexibility index (Phi) is 5.17. The lowest BCUT2D eigenvalue weighted by Crippen LogP contribution is -2.50. The molecule has 2 aromatic rings. The first-order valence-corrected chi connectivity index (χ1v) is 8.12. The number of alkyl halides is 3. The number of hydrogen-bond donors (Lipinski definition) is 1. The molecule has 0 saturated heterocycles. The number of aliphatic hydroxyl groups is 1. The summed E-state index contributed by atoms with van der Waals surface area (Å²) in [5.74, 6) is -3.48. The fourth-order valence-corrected chi connectivity index (χ4v) is 2.82. The molecular formula is C19H17BrF2O. The van der Waals surface area contributed by atoms with Crippen LogP contribution in [0.4, 0.5) is 8.78 Å². The van der Waals surface area contributed by atoms with E-state index < -0.39 is 16.9 Å². The molecule has 0 aromatic heterocycles. The Morgan fingerprint density at radius 3 is 1.52 bits per heavy atom. The van der Waals surface area contributed by atoms with E-state index in [1.165, 1.54) is 0 Å². The lowest BCUT2D eigenvalue weighted by molar-refractivity contribution is -0.0974. The van der Waals surface area contributed by atoms with E-state index in [-0.39, 0.29) is 11.1 Å². The molecule has 120 valence electrons. The Balaban J connectivity index is 2.58. The first kappa shape index (κ1) is 17.6. The molecule has 0 amide bonds. The van der Waals surface area contributed by atoms with E-state index in [1.807, 2.05) is 0 Å². The van der Waals surface area contributed by atoms with Gasteiger partial charge in [-0.3, -0.25) is 0 Å². The normalized spacial score (nSPS) is 12.0. The summed E-state index contributed by atoms with van der Waals surface area (Å²) in [7, 11) is 0. The SMILES string of the molecule is C=C(c1ccccc1)C(O)(C(=C)c1ccccc1)C(F)(F)CBr. The van der Waals surface area contributed by atoms with Crippen LogP contribution in [0.15, 0.2) is 73.8 Å². The van der Waals surface area contributed by atoms with Crippen LogP contribution in [-0.4, -0.2) is 22.0 Å². The van der Waals surface area contributed by atoms with Crippen molar-refractivity contribution in [1.82, 2.24) is 0 Å². The van der Waals surface area contributed by atoms with Gasteiger partial charge in [-0.05, 0) is 22.3 Å². The summed E-state index contributed by atoms with van der Waals surface area (Å²) in [4.78, 5) is 0. The number of hydrogen-bond acceptors (Lipinski definition) is 1. The van der Waals surface area contributed by atoms with Crippen molar-refractivity contribution in [3.8, 4) is 0 Å². The molecule has 0 fully saturated rings. The second-order valence-electron chi connectivity index (χ2n) is 5.24. The van der Waals surface area contributed by atoms with Crippen LogP contribution >= 0.6 is 15.9 Å². The molecule has 1 nitrogen and oxygen atoms in total. The Hall–Kier alpha value is -1.78. The van der Waals surface area contributed by atoms with Gasteiger partial charge < -0.3 is 5.11 Å². The summed E-state index contributed by atoms with van der Waals surface area (Å²) in [5.41, 5.74) is -1.90. The van der Waals surface area contributed by atoms with E-state index in [1.54, 1.807) is 60.7 Å². The van der Waals surface area contributed by atoms with Crippen molar-refractivity contribution < 1.29 is 13.9 Å². The minimum atomic E-state index is -3.48. The van der Waals surface area contributed by atoms with Crippen molar-refractivity contribution in [2.24, 2.45) is 0 Å². The van der Waals surface area contributed by atoms with E-state index in [4.69, 9.17) is 0 Å². The summed E-state index contributed by atoms with van der Waals surface area (Å²) >= 11 is 2.80. The average molecular weight is 379 g/mol. The molecule has 23 heavy (non-hydrogen) atoms. The van der Waals surface area contributed by atoms with E-state index >= 15 is 0 Å². The van der Waals surface area contributed by atoms with Crippen LogP contribution in [-0.2, 0) is 0 Å². The van der Waals surface area contributed by atoms with Crippen molar-refractivity contribution in [2.45, 2.75) is 11.5 Å². The summed E-state index contributed by atoms with van der Waals surface area (Å²) in [6.07, 6.45) is 0. The predicted octanol–water partition coefficient (Wildman–Crippen LogP) is 5.17. The molecule has 2 rings (SSSR count). The van der Waals surface area contributed by atoms with Gasteiger partial charge in [-0.1, -0.05) is 89.8 Å². The van der Waals surface area contributed by atoms with Gasteiger partial charge in [0.05, 0.1) is 5.33 Å². The summed E-state index contributed by atoms with van der Waals surface area (Å²) < 4.78 is 29.3. The third-order valence-corrected chi connectivity index (χ3v) is 4.52. The third kappa shape index (κ3) is 3.14. The van der Waals surface area contributed by atoms with Crippen molar-refractivity contribution in [1.29, 1.82) is 0 Å². The zero-order valence-electron chi connectivity index (χ0n) is 12.5. The largest absolute Gasteiger partial charge is 0.374 e. The van der Waals surface area contributed by atoms with Gasteiger partial charge in [0.1, 0.15) is 0 Å². The molecule has 0 bridgehead atoms. The highest BCUT2D eigenvalue weighted by Gasteiger charge is 2.56. The van der Waals surface area contributed by atoms with Gasteiger partial charge in [-0.2, -0.15) is 0 Å². The van der Waals surface area contributed by atoms with Crippen molar-refractivity contribution in [3.05, 3.63) is 84.9 Å². The van der Waals surface area contributed by atoms with Gasteiger partial charge in [0.25, 0.3) is 5.92 Å². The molecule has 0 radical (unpaired) electrons. The zero-order chi connectivity index (χ0) is 17.1. The molecule has 0 saturated carbocycles. The van der Waals surface area contributed by atoms with E-state index in [9.17, 15) is 13.9 Å². The van der Waals surface area contributed by atoms with Gasteiger partial charge in [0.15, 0.2) is 5.60 Å². The van der Waals surface area contributed by atoms with Crippen molar-refractivity contribution in [2.75, 3.05) is 5.33 Å². The molecule has 4 heteroatoms. The number of rotatable bonds is 6. The first-order chi connectivity index (χ1) is 10.8. The monoisotopic (exact) mass is 378 g/mol. The van der Waals surface area contributed by atoms with Gasteiger partial charge >= 0.3 is 0 Å². The maximum Gasteiger partial charge on any atom is 0.293 e. The van der Waals surface area contributed by atoms with Crippen LogP contribution < -0.4 is 0 Å². The minimum absolute atomic E-state index is 0.0867. The fourth-order valence-electron chi connectivity index (χ4n) is 2.42. The van der Waals surface area contributed by atoms with Crippen molar-refractivity contribution in [3.63, 3.8) is 0 Å². The number of benzene rings is 2. The third-order valence-electron chi connectivity index (χ3n) is 3.82. The molecule has 1 N–H and O–H groups in total. The summed E-state index contributed by atoms with van der Waals surface area (Å²) in [6, 6.07) is 16.9. The molecule has 0 atom stereocenters. The maximum absolute atomic E-state index is 14.7. The molecule has 0 aliphatic carbocycles. The Labute approximate surface area is 143 Å². The molecule has 0 heterocycles. The first-order valence-electron chi connectivity index (χ1n) is 7.00. The fraction of sp³-hybridized carbons (Fsp3) is 0.158. The van der Waals surface area contributed by atoms with Gasteiger partial charge in [-0.25, -0.2) is 8.78 Å². The van der Waals surface area contributed by atoms with Crippen LogP contribution in [0.2, 0.25) is 0 Å². The molecule has 0 unspecified atom stereocenters. The Morgan fingerprint density at radius 1 is 0.870 bits per heavy atom. The molecular weight excluding hydrogens is 362 g/mol. The van der Waals surface area contributed by atoms with Gasteiger partial charge in [0.2, 0.25) is 0 Å². The van der Waals surface area contributed by atoms with Crippen LogP contribution in [0.5, 0.6) is 0 Å². The molecule has 2 aromatic carbocycles. The Bertz CT molecular complexity index is 644. The molecule has 0 aliphatic heterocycles. The predicted molar refractivity (Wildman–Crippen MR) is 94.6 cm³/mol. The smallest absolute Gasteiger partial charge is 0.293 e. The maximum atomic E-state index is 14.7. The quantitative estimate of drug-likeness (QED) is 0.687. The standard InChI is InChI=1S/C19H17BrF2O/c1-14(16-9-5-3-6-10-16)19(23,18(21,22)13-20)15(2)17-11-7-4-8-12-17/h3-12,23H,1-2,13H2. The minimum Gasteiger partial charge on any atom is -0.374 e. The second kappa shape index (κ2) is 6.77. The average Bonchev–Trinajstić information content (AvgIpc) is 2.61. The van der Waals surface area contributed by atoms with Crippen molar-refractivity contribution >= 4 is 27.1 Å². The van der Waals surface area contributed by atoms with E-state index in [2.05, 4.69) is 29.1 Å². The highest BCUT2D eigenvalue weighted by atomic mass is 79.9. The highest BCUT2D eigenvalue weighted by Crippen LogP contribution is 2.47. The lowest BCUT2D eigenvalue weighted by atomic mass is 9.76. The van der Waals surface area contributed by atoms with Crippen LogP contribution in [0.25, 0.3) is 11.1 Å². The van der Waals surface area contributed by atoms with E-state index in [0.29, 0.717) is 11.1 Å².